The van der Waals surface area contributed by atoms with Crippen LogP contribution in [0.15, 0.2) is 42.5 Å². The zero-order valence-electron chi connectivity index (χ0n) is 19.8. The summed E-state index contributed by atoms with van der Waals surface area (Å²) in [5.41, 5.74) is 4.20. The minimum absolute atomic E-state index is 0.00387. The van der Waals surface area contributed by atoms with Crippen molar-refractivity contribution in [2.75, 3.05) is 54.0 Å². The number of H-pyrrole nitrogens is 1. The van der Waals surface area contributed by atoms with Crippen LogP contribution >= 0.6 is 11.6 Å². The molecule has 5 rings (SSSR count). The number of benzene rings is 2. The topological polar surface area (TPSA) is 72.0 Å². The number of aromatic nitrogens is 1. The highest BCUT2D eigenvalue weighted by molar-refractivity contribution is 6.30. The number of ether oxygens (including phenoxy) is 1. The van der Waals surface area contributed by atoms with E-state index in [9.17, 15) is 9.90 Å². The molecule has 180 valence electrons. The highest BCUT2D eigenvalue weighted by Gasteiger charge is 2.53. The lowest BCUT2D eigenvalue weighted by Gasteiger charge is -2.56. The van der Waals surface area contributed by atoms with Crippen molar-refractivity contribution in [1.29, 1.82) is 0 Å². The third kappa shape index (κ3) is 3.96. The Morgan fingerprint density at radius 1 is 1.21 bits per heavy atom. The highest BCUT2D eigenvalue weighted by Crippen LogP contribution is 2.49. The molecular weight excluding hydrogens is 452 g/mol. The Morgan fingerprint density at radius 2 is 1.94 bits per heavy atom. The van der Waals surface area contributed by atoms with Crippen LogP contribution in [-0.2, 0) is 16.8 Å². The van der Waals surface area contributed by atoms with E-state index in [4.69, 9.17) is 16.3 Å². The maximum absolute atomic E-state index is 12.8. The van der Waals surface area contributed by atoms with Crippen molar-refractivity contribution in [2.24, 2.45) is 0 Å². The summed E-state index contributed by atoms with van der Waals surface area (Å²) in [6.45, 7) is 3.19. The van der Waals surface area contributed by atoms with Gasteiger partial charge in [0, 0.05) is 59.3 Å². The first-order chi connectivity index (χ1) is 16.3. The molecule has 0 saturated carbocycles. The van der Waals surface area contributed by atoms with Gasteiger partial charge in [0.2, 0.25) is 5.91 Å². The van der Waals surface area contributed by atoms with E-state index in [1.807, 2.05) is 60.3 Å². The van der Waals surface area contributed by atoms with E-state index in [0.717, 1.165) is 34.5 Å². The zero-order valence-corrected chi connectivity index (χ0v) is 20.6. The minimum atomic E-state index is -0.192. The highest BCUT2D eigenvalue weighted by atomic mass is 35.5. The average Bonchev–Trinajstić information content (AvgIpc) is 3.16. The van der Waals surface area contributed by atoms with Crippen LogP contribution in [0.2, 0.25) is 5.02 Å². The molecule has 3 heterocycles. The first kappa shape index (κ1) is 23.2. The summed E-state index contributed by atoms with van der Waals surface area (Å²) < 4.78 is 5.45. The second-order valence-corrected chi connectivity index (χ2v) is 10.3. The molecule has 0 unspecified atom stereocenters. The Balaban J connectivity index is 1.55. The Kier molecular flexibility index (Phi) is 6.06. The number of aliphatic hydroxyl groups excluding tert-OH is 1. The summed E-state index contributed by atoms with van der Waals surface area (Å²) in [6.07, 6.45) is 0. The van der Waals surface area contributed by atoms with Gasteiger partial charge in [-0.3, -0.25) is 9.69 Å². The molecule has 3 aromatic rings. The SMILES string of the molecule is COc1ccc2c3c([nH]c2c1)[C@H](CO)N(Cc1ccc(Cl)cc1)CC31CN(C(=O)CN(C)C)C1. The molecule has 0 radical (unpaired) electrons. The van der Waals surface area contributed by atoms with Crippen LogP contribution < -0.4 is 4.74 Å². The number of hydrogen-bond acceptors (Lipinski definition) is 5. The first-order valence-electron chi connectivity index (χ1n) is 11.6. The van der Waals surface area contributed by atoms with Gasteiger partial charge < -0.3 is 24.6 Å². The van der Waals surface area contributed by atoms with Gasteiger partial charge in [-0.2, -0.15) is 0 Å². The molecule has 1 aromatic heterocycles. The molecule has 2 aliphatic rings. The number of fused-ring (bicyclic) bond motifs is 4. The Hall–Kier alpha value is -2.58. The van der Waals surface area contributed by atoms with Crippen LogP contribution in [0.3, 0.4) is 0 Å². The van der Waals surface area contributed by atoms with Crippen molar-refractivity contribution >= 4 is 28.4 Å². The van der Waals surface area contributed by atoms with E-state index in [0.29, 0.717) is 31.2 Å². The maximum Gasteiger partial charge on any atom is 0.236 e. The zero-order chi connectivity index (χ0) is 24.0. The second-order valence-electron chi connectivity index (χ2n) is 9.82. The molecule has 0 bridgehead atoms. The van der Waals surface area contributed by atoms with Crippen LogP contribution in [0.25, 0.3) is 10.9 Å². The van der Waals surface area contributed by atoms with Crippen LogP contribution in [0.5, 0.6) is 5.75 Å². The molecule has 2 aromatic carbocycles. The lowest BCUT2D eigenvalue weighted by Crippen LogP contribution is -2.68. The molecule has 1 spiro atoms. The fourth-order valence-corrected chi connectivity index (χ4v) is 5.72. The minimum Gasteiger partial charge on any atom is -0.497 e. The summed E-state index contributed by atoms with van der Waals surface area (Å²) >= 11 is 6.10. The molecule has 0 aliphatic carbocycles. The lowest BCUT2D eigenvalue weighted by molar-refractivity contribution is -0.141. The number of methoxy groups -OCH3 is 1. The van der Waals surface area contributed by atoms with E-state index < -0.39 is 0 Å². The van der Waals surface area contributed by atoms with Gasteiger partial charge in [0.05, 0.1) is 26.3 Å². The Labute approximate surface area is 204 Å². The van der Waals surface area contributed by atoms with Crippen molar-refractivity contribution in [2.45, 2.75) is 18.0 Å². The van der Waals surface area contributed by atoms with Gasteiger partial charge in [-0.25, -0.2) is 0 Å². The van der Waals surface area contributed by atoms with E-state index in [1.165, 1.54) is 5.56 Å². The third-order valence-corrected chi connectivity index (χ3v) is 7.36. The molecule has 2 aliphatic heterocycles. The van der Waals surface area contributed by atoms with Crippen LogP contribution in [0.1, 0.15) is 22.9 Å². The number of amides is 1. The van der Waals surface area contributed by atoms with Gasteiger partial charge in [-0.1, -0.05) is 23.7 Å². The van der Waals surface area contributed by atoms with Crippen molar-refractivity contribution in [3.63, 3.8) is 0 Å². The number of rotatable bonds is 6. The van der Waals surface area contributed by atoms with Gasteiger partial charge in [0.25, 0.3) is 0 Å². The Morgan fingerprint density at radius 3 is 2.59 bits per heavy atom. The normalized spacial score (nSPS) is 19.5. The van der Waals surface area contributed by atoms with Crippen molar-refractivity contribution in [3.8, 4) is 5.75 Å². The van der Waals surface area contributed by atoms with Crippen molar-refractivity contribution < 1.29 is 14.6 Å². The summed E-state index contributed by atoms with van der Waals surface area (Å²) in [5.74, 6) is 0.933. The van der Waals surface area contributed by atoms with E-state index >= 15 is 0 Å². The molecule has 2 N–H and O–H groups in total. The standard InChI is InChI=1S/C26H31ClN4O3/c1-29(2)12-23(33)31-15-26(16-31)14-30(11-17-4-6-18(27)7-5-17)22(13-32)25-24(26)20-9-8-19(34-3)10-21(20)28-25/h4-10,22,28,32H,11-16H2,1-3H3/t22-/m0/s1. The van der Waals surface area contributed by atoms with Gasteiger partial charge in [0.1, 0.15) is 5.75 Å². The average molecular weight is 483 g/mol. The molecule has 1 saturated heterocycles. The van der Waals surface area contributed by atoms with Gasteiger partial charge in [-0.15, -0.1) is 0 Å². The first-order valence-corrected chi connectivity index (χ1v) is 11.9. The number of carbonyl (C=O) groups excluding carboxylic acids is 1. The smallest absolute Gasteiger partial charge is 0.236 e. The lowest BCUT2D eigenvalue weighted by atomic mass is 9.68. The number of likely N-dealkylation sites (N-methyl/N-ethyl adjacent to an activating group) is 1. The summed E-state index contributed by atoms with van der Waals surface area (Å²) in [6, 6.07) is 13.8. The number of aromatic amines is 1. The second kappa shape index (κ2) is 8.89. The summed E-state index contributed by atoms with van der Waals surface area (Å²) in [7, 11) is 5.49. The summed E-state index contributed by atoms with van der Waals surface area (Å²) in [5, 5.41) is 12.3. The molecule has 1 fully saturated rings. The number of halogens is 1. The van der Waals surface area contributed by atoms with Crippen LogP contribution in [0, 0.1) is 0 Å². The van der Waals surface area contributed by atoms with Gasteiger partial charge in [0.15, 0.2) is 0 Å². The predicted molar refractivity (Wildman–Crippen MR) is 133 cm³/mol. The fraction of sp³-hybridized carbons (Fsp3) is 0.423. The molecule has 1 atom stereocenters. The number of nitrogens with one attached hydrogen (secondary N) is 1. The third-order valence-electron chi connectivity index (χ3n) is 7.11. The number of aliphatic hydroxyl groups is 1. The molecule has 8 heteroatoms. The van der Waals surface area contributed by atoms with Crippen LogP contribution in [-0.4, -0.2) is 84.7 Å². The molecule has 7 nitrogen and oxygen atoms in total. The largest absolute Gasteiger partial charge is 0.497 e. The van der Waals surface area contributed by atoms with Crippen molar-refractivity contribution in [1.82, 2.24) is 19.7 Å². The predicted octanol–water partition coefficient (Wildman–Crippen LogP) is 3.02. The van der Waals surface area contributed by atoms with E-state index in [1.54, 1.807) is 7.11 Å². The molecular formula is C26H31ClN4O3. The maximum atomic E-state index is 12.8. The summed E-state index contributed by atoms with van der Waals surface area (Å²) in [4.78, 5) is 22.6. The van der Waals surface area contributed by atoms with Crippen LogP contribution in [0.4, 0.5) is 0 Å². The molecule has 1 amide bonds. The van der Waals surface area contributed by atoms with E-state index in [2.05, 4.69) is 16.0 Å². The van der Waals surface area contributed by atoms with Gasteiger partial charge in [-0.05, 0) is 49.5 Å². The monoisotopic (exact) mass is 482 g/mol. The Bertz CT molecular complexity index is 1200. The quantitative estimate of drug-likeness (QED) is 0.565. The number of hydrogen-bond donors (Lipinski definition) is 2. The molecule has 34 heavy (non-hydrogen) atoms. The van der Waals surface area contributed by atoms with Crippen molar-refractivity contribution in [3.05, 3.63) is 64.3 Å². The fourth-order valence-electron chi connectivity index (χ4n) is 5.59. The van der Waals surface area contributed by atoms with Gasteiger partial charge >= 0.3 is 0 Å². The number of nitrogens with zero attached hydrogens (tertiary/aromatic N) is 3. The van der Waals surface area contributed by atoms with E-state index in [-0.39, 0.29) is 24.0 Å². The number of likely N-dealkylation sites (tertiary alicyclic amines) is 1. The number of carbonyl (C=O) groups is 1.